The van der Waals surface area contributed by atoms with Crippen molar-refractivity contribution in [2.24, 2.45) is 5.41 Å². The average Bonchev–Trinajstić information content (AvgIpc) is 2.75. The van der Waals surface area contributed by atoms with Crippen molar-refractivity contribution in [2.75, 3.05) is 6.54 Å². The summed E-state index contributed by atoms with van der Waals surface area (Å²) in [7, 11) is 0. The molecule has 1 saturated carbocycles. The number of carbonyl (C=O) groups excluding carboxylic acids is 1. The predicted molar refractivity (Wildman–Crippen MR) is 70.0 cm³/mol. The van der Waals surface area contributed by atoms with Gasteiger partial charge in [-0.1, -0.05) is 11.6 Å². The van der Waals surface area contributed by atoms with Crippen molar-refractivity contribution in [1.82, 2.24) is 15.8 Å². The van der Waals surface area contributed by atoms with E-state index in [0.717, 1.165) is 19.3 Å². The number of nitrogens with one attached hydrogen (secondary N) is 2. The van der Waals surface area contributed by atoms with Gasteiger partial charge in [0.25, 0.3) is 0 Å². The van der Waals surface area contributed by atoms with E-state index in [0.29, 0.717) is 18.0 Å². The molecule has 1 aromatic heterocycles. The molecular weight excluding hydrogens is 262 g/mol. The minimum absolute atomic E-state index is 0.107. The molecule has 7 heteroatoms. The van der Waals surface area contributed by atoms with Crippen LogP contribution in [-0.4, -0.2) is 28.8 Å². The van der Waals surface area contributed by atoms with Crippen molar-refractivity contribution in [3.05, 3.63) is 17.5 Å². The number of nitrogens with zero attached hydrogens (tertiary/aromatic N) is 1. The van der Waals surface area contributed by atoms with Crippen molar-refractivity contribution < 1.29 is 19.2 Å². The minimum atomic E-state index is -0.815. The smallest absolute Gasteiger partial charge is 0.315 e. The van der Waals surface area contributed by atoms with Gasteiger partial charge in [-0.15, -0.1) is 0 Å². The number of hydrogen-bond acceptors (Lipinski definition) is 4. The highest BCUT2D eigenvalue weighted by atomic mass is 16.5. The molecule has 110 valence electrons. The van der Waals surface area contributed by atoms with Crippen LogP contribution in [-0.2, 0) is 11.3 Å². The number of carboxylic acid groups (broad SMARTS) is 1. The topological polar surface area (TPSA) is 104 Å². The quantitative estimate of drug-likeness (QED) is 0.731. The number of aromatic nitrogens is 1. The first-order valence-electron chi connectivity index (χ1n) is 6.65. The van der Waals surface area contributed by atoms with Crippen molar-refractivity contribution in [3.63, 3.8) is 0 Å². The minimum Gasteiger partial charge on any atom is -0.481 e. The number of aryl methyl sites for hydroxylation is 1. The van der Waals surface area contributed by atoms with Crippen LogP contribution < -0.4 is 10.6 Å². The zero-order valence-corrected chi connectivity index (χ0v) is 11.4. The first-order valence-corrected chi connectivity index (χ1v) is 6.65. The molecule has 0 unspecified atom stereocenters. The van der Waals surface area contributed by atoms with Gasteiger partial charge in [0.1, 0.15) is 11.5 Å². The Bertz CT molecular complexity index is 494. The van der Waals surface area contributed by atoms with Crippen molar-refractivity contribution in [2.45, 2.75) is 39.2 Å². The molecule has 1 fully saturated rings. The summed E-state index contributed by atoms with van der Waals surface area (Å²) in [5, 5.41) is 18.1. The number of amides is 2. The fraction of sp³-hybridized carbons (Fsp3) is 0.615. The molecule has 7 nitrogen and oxygen atoms in total. The van der Waals surface area contributed by atoms with Crippen LogP contribution in [0.2, 0.25) is 0 Å². The third-order valence-corrected chi connectivity index (χ3v) is 3.67. The molecule has 0 radical (unpaired) electrons. The summed E-state index contributed by atoms with van der Waals surface area (Å²) in [6.45, 7) is 2.46. The SMILES string of the molecule is Cc1cc(CNC(=O)NCC2(CC(=O)O)CCC2)no1. The Morgan fingerprint density at radius 3 is 2.70 bits per heavy atom. The Morgan fingerprint density at radius 2 is 2.20 bits per heavy atom. The highest BCUT2D eigenvalue weighted by Gasteiger charge is 2.39. The Balaban J connectivity index is 1.73. The molecule has 2 amide bonds. The summed E-state index contributed by atoms with van der Waals surface area (Å²) >= 11 is 0. The fourth-order valence-electron chi connectivity index (χ4n) is 2.42. The van der Waals surface area contributed by atoms with Gasteiger partial charge in [0.05, 0.1) is 13.0 Å². The summed E-state index contributed by atoms with van der Waals surface area (Å²) in [6.07, 6.45) is 2.83. The fourth-order valence-corrected chi connectivity index (χ4v) is 2.42. The maximum absolute atomic E-state index is 11.7. The van der Waals surface area contributed by atoms with E-state index in [1.807, 2.05) is 0 Å². The van der Waals surface area contributed by atoms with Crippen molar-refractivity contribution in [1.29, 1.82) is 0 Å². The molecule has 3 N–H and O–H groups in total. The molecular formula is C13H19N3O4. The lowest BCUT2D eigenvalue weighted by Gasteiger charge is -2.40. The summed E-state index contributed by atoms with van der Waals surface area (Å²) in [6, 6.07) is 1.43. The highest BCUT2D eigenvalue weighted by Crippen LogP contribution is 2.43. The lowest BCUT2D eigenvalue weighted by molar-refractivity contribution is -0.141. The Morgan fingerprint density at radius 1 is 1.45 bits per heavy atom. The van der Waals surface area contributed by atoms with Gasteiger partial charge in [0, 0.05) is 12.6 Å². The number of rotatable bonds is 6. The maximum atomic E-state index is 11.7. The first kappa shape index (κ1) is 14.4. The first-order chi connectivity index (χ1) is 9.49. The zero-order valence-electron chi connectivity index (χ0n) is 11.4. The second kappa shape index (κ2) is 5.94. The number of carboxylic acids is 1. The summed E-state index contributed by atoms with van der Waals surface area (Å²) in [4.78, 5) is 22.5. The second-order valence-corrected chi connectivity index (χ2v) is 5.39. The van der Waals surface area contributed by atoms with Crippen LogP contribution in [0.4, 0.5) is 4.79 Å². The Labute approximate surface area is 116 Å². The van der Waals surface area contributed by atoms with Crippen LogP contribution in [0.3, 0.4) is 0 Å². The number of hydrogen-bond donors (Lipinski definition) is 3. The van der Waals surface area contributed by atoms with Gasteiger partial charge in [-0.2, -0.15) is 0 Å². The molecule has 20 heavy (non-hydrogen) atoms. The normalized spacial score (nSPS) is 16.2. The van der Waals surface area contributed by atoms with E-state index in [-0.39, 0.29) is 24.4 Å². The van der Waals surface area contributed by atoms with Crippen LogP contribution in [0.25, 0.3) is 0 Å². The van der Waals surface area contributed by atoms with Crippen LogP contribution >= 0.6 is 0 Å². The van der Waals surface area contributed by atoms with Crippen LogP contribution in [0.1, 0.15) is 37.1 Å². The average molecular weight is 281 g/mol. The Hall–Kier alpha value is -2.05. The molecule has 2 rings (SSSR count). The van der Waals surface area contributed by atoms with Crippen LogP contribution in [0, 0.1) is 12.3 Å². The molecule has 0 atom stereocenters. The maximum Gasteiger partial charge on any atom is 0.315 e. The summed E-state index contributed by atoms with van der Waals surface area (Å²) in [5.74, 6) is -0.123. The standard InChI is InChI=1S/C13H19N3O4/c1-9-5-10(16-20-9)7-14-12(19)15-8-13(3-2-4-13)6-11(17)18/h5H,2-4,6-8H2,1H3,(H,17,18)(H2,14,15,19). The van der Waals surface area contributed by atoms with E-state index < -0.39 is 5.97 Å². The van der Waals surface area contributed by atoms with E-state index in [4.69, 9.17) is 9.63 Å². The van der Waals surface area contributed by atoms with E-state index in [1.165, 1.54) is 0 Å². The number of carbonyl (C=O) groups is 2. The number of aliphatic carboxylic acids is 1. The lowest BCUT2D eigenvalue weighted by atomic mass is 9.66. The molecule has 0 bridgehead atoms. The lowest BCUT2D eigenvalue weighted by Crippen LogP contribution is -2.46. The summed E-state index contributed by atoms with van der Waals surface area (Å²) < 4.78 is 4.89. The molecule has 1 heterocycles. The molecule has 1 aliphatic rings. The molecule has 0 saturated heterocycles. The van der Waals surface area contributed by atoms with E-state index in [9.17, 15) is 9.59 Å². The third kappa shape index (κ3) is 3.72. The Kier molecular flexibility index (Phi) is 4.26. The van der Waals surface area contributed by atoms with Gasteiger partial charge in [-0.25, -0.2) is 4.79 Å². The predicted octanol–water partition coefficient (Wildman–Crippen LogP) is 1.43. The van der Waals surface area contributed by atoms with Gasteiger partial charge >= 0.3 is 12.0 Å². The van der Waals surface area contributed by atoms with Gasteiger partial charge in [0.2, 0.25) is 0 Å². The molecule has 1 aliphatic carbocycles. The summed E-state index contributed by atoms with van der Waals surface area (Å²) in [5.41, 5.74) is 0.384. The van der Waals surface area contributed by atoms with E-state index >= 15 is 0 Å². The van der Waals surface area contributed by atoms with Crippen molar-refractivity contribution in [3.8, 4) is 0 Å². The van der Waals surface area contributed by atoms with Gasteiger partial charge in [0.15, 0.2) is 0 Å². The van der Waals surface area contributed by atoms with Crippen LogP contribution in [0.5, 0.6) is 0 Å². The van der Waals surface area contributed by atoms with E-state index in [1.54, 1.807) is 13.0 Å². The molecule has 0 aromatic carbocycles. The highest BCUT2D eigenvalue weighted by molar-refractivity contribution is 5.74. The number of urea groups is 1. The molecule has 0 aliphatic heterocycles. The van der Waals surface area contributed by atoms with Gasteiger partial charge in [-0.05, 0) is 25.2 Å². The van der Waals surface area contributed by atoms with Gasteiger partial charge in [-0.3, -0.25) is 4.79 Å². The monoisotopic (exact) mass is 281 g/mol. The van der Waals surface area contributed by atoms with E-state index in [2.05, 4.69) is 15.8 Å². The largest absolute Gasteiger partial charge is 0.481 e. The molecule has 1 aromatic rings. The molecule has 0 spiro atoms. The zero-order chi connectivity index (χ0) is 14.6. The third-order valence-electron chi connectivity index (χ3n) is 3.67. The van der Waals surface area contributed by atoms with Crippen LogP contribution in [0.15, 0.2) is 10.6 Å². The van der Waals surface area contributed by atoms with Crippen molar-refractivity contribution >= 4 is 12.0 Å². The second-order valence-electron chi connectivity index (χ2n) is 5.39. The van der Waals surface area contributed by atoms with Gasteiger partial charge < -0.3 is 20.3 Å².